The van der Waals surface area contributed by atoms with Crippen molar-refractivity contribution in [1.29, 1.82) is 0 Å². The number of aromatic nitrogens is 4. The summed E-state index contributed by atoms with van der Waals surface area (Å²) in [6.07, 6.45) is 5.82. The van der Waals surface area contributed by atoms with Gasteiger partial charge in [-0.2, -0.15) is 5.10 Å². The summed E-state index contributed by atoms with van der Waals surface area (Å²) in [5.41, 5.74) is 3.90. The average Bonchev–Trinajstić information content (AvgIpc) is 3.28. The standard InChI is InChI=1S/C30H36N6O/c1-3-4-5-12-17-27(37)34-18-20-35(21-19-34)29-28-23(2)33-36(25-15-10-7-11-16-25)30(28)32-26(31-29)22-24-13-8-6-9-14-24/h6-11,13-16H,3-5,12,17-22H2,1-2H3. The van der Waals surface area contributed by atoms with Gasteiger partial charge in [-0.1, -0.05) is 74.7 Å². The van der Waals surface area contributed by atoms with E-state index in [0.717, 1.165) is 73.1 Å². The van der Waals surface area contributed by atoms with Gasteiger partial charge >= 0.3 is 0 Å². The molecule has 1 aliphatic heterocycles. The second kappa shape index (κ2) is 11.5. The number of hydrogen-bond donors (Lipinski definition) is 0. The van der Waals surface area contributed by atoms with E-state index >= 15 is 0 Å². The second-order valence-electron chi connectivity index (χ2n) is 9.84. The Bertz CT molecular complexity index is 1330. The molecule has 0 unspecified atom stereocenters. The maximum absolute atomic E-state index is 12.8. The van der Waals surface area contributed by atoms with Gasteiger partial charge in [0.1, 0.15) is 11.6 Å². The molecular formula is C30H36N6O. The minimum Gasteiger partial charge on any atom is -0.352 e. The largest absolute Gasteiger partial charge is 0.352 e. The van der Waals surface area contributed by atoms with Crippen molar-refractivity contribution < 1.29 is 4.79 Å². The predicted molar refractivity (Wildman–Crippen MR) is 148 cm³/mol. The Morgan fingerprint density at radius 3 is 2.27 bits per heavy atom. The summed E-state index contributed by atoms with van der Waals surface area (Å²) in [4.78, 5) is 27.2. The quantitative estimate of drug-likeness (QED) is 0.293. The van der Waals surface area contributed by atoms with Crippen LogP contribution in [0.2, 0.25) is 0 Å². The average molecular weight is 497 g/mol. The molecule has 7 nitrogen and oxygen atoms in total. The fourth-order valence-corrected chi connectivity index (χ4v) is 5.07. The third kappa shape index (κ3) is 5.66. The van der Waals surface area contributed by atoms with Crippen LogP contribution in [0.5, 0.6) is 0 Å². The highest BCUT2D eigenvalue weighted by Gasteiger charge is 2.26. The highest BCUT2D eigenvalue weighted by atomic mass is 16.2. The number of hydrogen-bond acceptors (Lipinski definition) is 5. The van der Waals surface area contributed by atoms with Gasteiger partial charge in [0.15, 0.2) is 5.65 Å². The fourth-order valence-electron chi connectivity index (χ4n) is 5.07. The summed E-state index contributed by atoms with van der Waals surface area (Å²) in [7, 11) is 0. The van der Waals surface area contributed by atoms with Crippen LogP contribution >= 0.6 is 0 Å². The first-order valence-corrected chi connectivity index (χ1v) is 13.5. The fraction of sp³-hybridized carbons (Fsp3) is 0.400. The third-order valence-electron chi connectivity index (χ3n) is 7.11. The Morgan fingerprint density at radius 2 is 1.57 bits per heavy atom. The molecule has 0 spiro atoms. The zero-order chi connectivity index (χ0) is 25.6. The summed E-state index contributed by atoms with van der Waals surface area (Å²) in [6, 6.07) is 20.5. The molecule has 1 fully saturated rings. The highest BCUT2D eigenvalue weighted by Crippen LogP contribution is 2.30. The molecule has 2 aromatic carbocycles. The maximum atomic E-state index is 12.8. The summed E-state index contributed by atoms with van der Waals surface area (Å²) < 4.78 is 1.93. The molecule has 0 N–H and O–H groups in total. The molecule has 0 aliphatic carbocycles. The van der Waals surface area contributed by atoms with E-state index in [9.17, 15) is 4.79 Å². The second-order valence-corrected chi connectivity index (χ2v) is 9.84. The van der Waals surface area contributed by atoms with Gasteiger partial charge in [0.2, 0.25) is 5.91 Å². The number of para-hydroxylation sites is 1. The number of fused-ring (bicyclic) bond motifs is 1. The number of amides is 1. The number of carbonyl (C=O) groups is 1. The van der Waals surface area contributed by atoms with Crippen LogP contribution in [-0.2, 0) is 11.2 Å². The lowest BCUT2D eigenvalue weighted by Crippen LogP contribution is -2.49. The number of anilines is 1. The van der Waals surface area contributed by atoms with E-state index in [1.807, 2.05) is 52.9 Å². The summed E-state index contributed by atoms with van der Waals surface area (Å²) >= 11 is 0. The van der Waals surface area contributed by atoms with E-state index in [1.54, 1.807) is 0 Å². The lowest BCUT2D eigenvalue weighted by atomic mass is 10.1. The monoisotopic (exact) mass is 496 g/mol. The van der Waals surface area contributed by atoms with E-state index in [0.29, 0.717) is 12.8 Å². The lowest BCUT2D eigenvalue weighted by molar-refractivity contribution is -0.131. The molecule has 1 amide bonds. The van der Waals surface area contributed by atoms with Crippen molar-refractivity contribution in [3.05, 3.63) is 77.7 Å². The highest BCUT2D eigenvalue weighted by molar-refractivity contribution is 5.91. The van der Waals surface area contributed by atoms with Crippen molar-refractivity contribution in [2.45, 2.75) is 52.4 Å². The van der Waals surface area contributed by atoms with Gasteiger partial charge in [-0.15, -0.1) is 0 Å². The van der Waals surface area contributed by atoms with Gasteiger partial charge in [0, 0.05) is 39.0 Å². The molecule has 2 aromatic heterocycles. The van der Waals surface area contributed by atoms with Gasteiger partial charge in [0.05, 0.1) is 16.8 Å². The van der Waals surface area contributed by atoms with Crippen LogP contribution in [0.1, 0.15) is 56.1 Å². The smallest absolute Gasteiger partial charge is 0.222 e. The molecule has 0 radical (unpaired) electrons. The SMILES string of the molecule is CCCCCCC(=O)N1CCN(c2nc(Cc3ccccc3)nc3c2c(C)nn3-c2ccccc2)CC1. The molecule has 192 valence electrons. The van der Waals surface area contributed by atoms with Crippen LogP contribution in [0, 0.1) is 6.92 Å². The molecule has 0 saturated carbocycles. The first-order chi connectivity index (χ1) is 18.1. The summed E-state index contributed by atoms with van der Waals surface area (Å²) in [6.45, 7) is 7.18. The molecule has 5 rings (SSSR count). The Hall–Kier alpha value is -3.74. The van der Waals surface area contributed by atoms with Crippen LogP contribution < -0.4 is 4.90 Å². The van der Waals surface area contributed by atoms with Crippen molar-refractivity contribution in [2.75, 3.05) is 31.1 Å². The number of piperazine rings is 1. The minimum absolute atomic E-state index is 0.279. The number of unbranched alkanes of at least 4 members (excludes halogenated alkanes) is 3. The van der Waals surface area contributed by atoms with Crippen LogP contribution in [0.4, 0.5) is 5.82 Å². The summed E-state index contributed by atoms with van der Waals surface area (Å²) in [5.74, 6) is 1.98. The molecular weight excluding hydrogens is 460 g/mol. The minimum atomic E-state index is 0.279. The third-order valence-corrected chi connectivity index (χ3v) is 7.11. The van der Waals surface area contributed by atoms with E-state index in [1.165, 1.54) is 18.4 Å². The zero-order valence-electron chi connectivity index (χ0n) is 21.9. The van der Waals surface area contributed by atoms with Crippen LogP contribution in [0.15, 0.2) is 60.7 Å². The van der Waals surface area contributed by atoms with E-state index < -0.39 is 0 Å². The van der Waals surface area contributed by atoms with Crippen molar-refractivity contribution >= 4 is 22.8 Å². The van der Waals surface area contributed by atoms with Crippen LogP contribution in [0.3, 0.4) is 0 Å². The van der Waals surface area contributed by atoms with Gasteiger partial charge in [-0.3, -0.25) is 4.79 Å². The van der Waals surface area contributed by atoms with E-state index in [2.05, 4.69) is 36.1 Å². The predicted octanol–water partition coefficient (Wildman–Crippen LogP) is 5.33. The van der Waals surface area contributed by atoms with Gasteiger partial charge in [0.25, 0.3) is 0 Å². The molecule has 3 heterocycles. The molecule has 1 aliphatic rings. The number of benzene rings is 2. The Kier molecular flexibility index (Phi) is 7.78. The molecule has 4 aromatic rings. The van der Waals surface area contributed by atoms with Crippen molar-refractivity contribution in [3.8, 4) is 5.69 Å². The maximum Gasteiger partial charge on any atom is 0.222 e. The topological polar surface area (TPSA) is 67.2 Å². The zero-order valence-corrected chi connectivity index (χ0v) is 21.9. The molecule has 37 heavy (non-hydrogen) atoms. The van der Waals surface area contributed by atoms with Crippen molar-refractivity contribution in [2.24, 2.45) is 0 Å². The molecule has 0 atom stereocenters. The molecule has 0 bridgehead atoms. The number of nitrogens with zero attached hydrogens (tertiary/aromatic N) is 6. The number of aryl methyl sites for hydroxylation is 1. The Labute approximate surface area is 219 Å². The number of carbonyl (C=O) groups excluding carboxylic acids is 1. The van der Waals surface area contributed by atoms with Gasteiger partial charge < -0.3 is 9.80 Å². The Balaban J connectivity index is 1.44. The van der Waals surface area contributed by atoms with Crippen LogP contribution in [-0.4, -0.2) is 56.7 Å². The van der Waals surface area contributed by atoms with Crippen molar-refractivity contribution in [3.63, 3.8) is 0 Å². The summed E-state index contributed by atoms with van der Waals surface area (Å²) in [5, 5.41) is 5.86. The van der Waals surface area contributed by atoms with E-state index in [-0.39, 0.29) is 5.91 Å². The number of rotatable bonds is 9. The normalized spacial score (nSPS) is 13.9. The molecule has 1 saturated heterocycles. The molecule has 7 heteroatoms. The van der Waals surface area contributed by atoms with Gasteiger partial charge in [-0.25, -0.2) is 14.6 Å². The Morgan fingerprint density at radius 1 is 0.865 bits per heavy atom. The van der Waals surface area contributed by atoms with Crippen molar-refractivity contribution in [1.82, 2.24) is 24.6 Å². The lowest BCUT2D eigenvalue weighted by Gasteiger charge is -2.36. The van der Waals surface area contributed by atoms with Crippen LogP contribution in [0.25, 0.3) is 16.7 Å². The first kappa shape index (κ1) is 24.9. The first-order valence-electron chi connectivity index (χ1n) is 13.5. The van der Waals surface area contributed by atoms with Gasteiger partial charge in [-0.05, 0) is 31.0 Å². The van der Waals surface area contributed by atoms with E-state index in [4.69, 9.17) is 15.1 Å².